The number of nitrogens with zero attached hydrogens (tertiary/aromatic N) is 1. The first kappa shape index (κ1) is 25.6. The van der Waals surface area contributed by atoms with E-state index in [-0.39, 0.29) is 50.1 Å². The van der Waals surface area contributed by atoms with E-state index in [0.717, 1.165) is 5.56 Å². The molecule has 1 aromatic rings. The van der Waals surface area contributed by atoms with Crippen LogP contribution in [0.4, 0.5) is 0 Å². The maximum Gasteiger partial charge on any atom is 0.331 e. The SMILES string of the molecule is I.[CH2]CC[C@H](N=C([O-])OC(C)(C)C)C(=O)OCc1ccccc1.[Zn]. The summed E-state index contributed by atoms with van der Waals surface area (Å²) in [5.74, 6) is -0.543. The standard InChI is InChI=1S/C17H24NO4.HI.Zn/c1-5-9-14(18-16(20)22-17(2,3)4)15(19)21-12-13-10-7-6-8-11-13;;/h6-8,10-11,14H,1,5,9,12H2,2-4H3,(H,18,20);1H;/p-1/t14-;;/m0../s1. The van der Waals surface area contributed by atoms with E-state index in [4.69, 9.17) is 9.47 Å². The number of carbonyl (C=O) groups excluding carboxylic acids is 1. The van der Waals surface area contributed by atoms with Gasteiger partial charge in [-0.1, -0.05) is 64.4 Å². The van der Waals surface area contributed by atoms with Crippen molar-refractivity contribution in [1.29, 1.82) is 0 Å². The molecule has 0 saturated heterocycles. The molecule has 0 aliphatic carbocycles. The van der Waals surface area contributed by atoms with Crippen molar-refractivity contribution in [2.24, 2.45) is 4.99 Å². The summed E-state index contributed by atoms with van der Waals surface area (Å²) >= 11 is 0. The quantitative estimate of drug-likeness (QED) is 0.199. The van der Waals surface area contributed by atoms with Gasteiger partial charge in [0.05, 0.1) is 0 Å². The topological polar surface area (TPSA) is 71.0 Å². The second-order valence-electron chi connectivity index (χ2n) is 5.86. The average Bonchev–Trinajstić information content (AvgIpc) is 2.43. The molecular weight excluding hydrogens is 474 g/mol. The molecule has 1 radical (unpaired) electrons. The van der Waals surface area contributed by atoms with E-state index in [1.165, 1.54) is 0 Å². The molecule has 0 unspecified atom stereocenters. The Bertz CT molecular complexity index is 503. The van der Waals surface area contributed by atoms with Crippen LogP contribution in [0, 0.1) is 6.92 Å². The zero-order chi connectivity index (χ0) is 16.6. The molecule has 0 aliphatic rings. The van der Waals surface area contributed by atoms with E-state index in [1.54, 1.807) is 20.8 Å². The molecule has 0 amide bonds. The fourth-order valence-corrected chi connectivity index (χ4v) is 1.67. The first-order valence-corrected chi connectivity index (χ1v) is 7.25. The maximum atomic E-state index is 12.1. The fraction of sp³-hybridized carbons (Fsp3) is 0.471. The molecule has 0 bridgehead atoms. The first-order valence-electron chi connectivity index (χ1n) is 7.25. The van der Waals surface area contributed by atoms with E-state index in [9.17, 15) is 9.90 Å². The van der Waals surface area contributed by atoms with Crippen molar-refractivity contribution in [3.8, 4) is 0 Å². The third-order valence-electron chi connectivity index (χ3n) is 2.63. The number of aliphatic imine (C=N–C) groups is 1. The Balaban J connectivity index is 0. The van der Waals surface area contributed by atoms with E-state index in [1.807, 2.05) is 30.3 Å². The van der Waals surface area contributed by atoms with Gasteiger partial charge < -0.3 is 14.6 Å². The minimum absolute atomic E-state index is 0. The van der Waals surface area contributed by atoms with Crippen LogP contribution in [-0.2, 0) is 40.4 Å². The van der Waals surface area contributed by atoms with Crippen molar-refractivity contribution in [2.45, 2.75) is 51.9 Å². The second kappa shape index (κ2) is 12.6. The minimum atomic E-state index is -0.879. The van der Waals surface area contributed by atoms with Crippen LogP contribution in [0.1, 0.15) is 39.2 Å². The summed E-state index contributed by atoms with van der Waals surface area (Å²) in [5, 5.41) is 11.7. The van der Waals surface area contributed by atoms with Crippen LogP contribution < -0.4 is 5.11 Å². The van der Waals surface area contributed by atoms with E-state index >= 15 is 0 Å². The summed E-state index contributed by atoms with van der Waals surface area (Å²) in [6.07, 6.45) is 0.0483. The Labute approximate surface area is 174 Å². The van der Waals surface area contributed by atoms with Gasteiger partial charge in [0.25, 0.3) is 0 Å². The molecule has 0 heterocycles. The molecule has 7 heteroatoms. The van der Waals surface area contributed by atoms with Crippen molar-refractivity contribution in [3.05, 3.63) is 42.8 Å². The van der Waals surface area contributed by atoms with Gasteiger partial charge in [0.1, 0.15) is 18.7 Å². The molecule has 1 rings (SSSR count). The van der Waals surface area contributed by atoms with Gasteiger partial charge in [-0.2, -0.15) is 0 Å². The zero-order valence-electron chi connectivity index (χ0n) is 14.5. The van der Waals surface area contributed by atoms with Gasteiger partial charge in [-0.15, -0.1) is 24.0 Å². The van der Waals surface area contributed by atoms with E-state index < -0.39 is 23.7 Å². The predicted molar refractivity (Wildman–Crippen MR) is 98.3 cm³/mol. The number of hydrogen-bond acceptors (Lipinski definition) is 5. The van der Waals surface area contributed by atoms with Crippen LogP contribution in [0.3, 0.4) is 0 Å². The molecule has 24 heavy (non-hydrogen) atoms. The Hall–Kier alpha value is -0.687. The normalized spacial score (nSPS) is 12.4. The number of rotatable bonds is 6. The largest absolute Gasteiger partial charge is 0.595 e. The number of halogens is 1. The van der Waals surface area contributed by atoms with Crippen LogP contribution in [0.15, 0.2) is 35.3 Å². The number of carbonyl (C=O) groups is 1. The van der Waals surface area contributed by atoms with Gasteiger partial charge in [0.2, 0.25) is 0 Å². The first-order chi connectivity index (χ1) is 10.3. The van der Waals surface area contributed by atoms with Crippen molar-refractivity contribution in [1.82, 2.24) is 0 Å². The van der Waals surface area contributed by atoms with Crippen molar-refractivity contribution in [2.75, 3.05) is 0 Å². The van der Waals surface area contributed by atoms with Gasteiger partial charge in [-0.3, -0.25) is 4.99 Å². The Kier molecular flexibility index (Phi) is 13.5. The molecular formula is C17H24INO4Zn-. The Morgan fingerprint density at radius 2 is 1.88 bits per heavy atom. The van der Waals surface area contributed by atoms with Gasteiger partial charge in [-0.25, -0.2) is 4.79 Å². The predicted octanol–water partition coefficient (Wildman–Crippen LogP) is 2.86. The van der Waals surface area contributed by atoms with Crippen LogP contribution in [0.2, 0.25) is 0 Å². The molecule has 0 fully saturated rings. The summed E-state index contributed by atoms with van der Waals surface area (Å²) in [6.45, 7) is 9.06. The van der Waals surface area contributed by atoms with Crippen LogP contribution >= 0.6 is 24.0 Å². The summed E-state index contributed by atoms with van der Waals surface area (Å²) in [6, 6.07) is 8.44. The third-order valence-corrected chi connectivity index (χ3v) is 2.63. The summed E-state index contributed by atoms with van der Waals surface area (Å²) in [7, 11) is 0. The zero-order valence-corrected chi connectivity index (χ0v) is 19.8. The van der Waals surface area contributed by atoms with Gasteiger partial charge in [0, 0.05) is 25.1 Å². The smallest absolute Gasteiger partial charge is 0.331 e. The Morgan fingerprint density at radius 3 is 2.38 bits per heavy atom. The van der Waals surface area contributed by atoms with Crippen molar-refractivity contribution >= 4 is 36.0 Å². The number of ether oxygens (including phenoxy) is 2. The molecule has 1 atom stereocenters. The van der Waals surface area contributed by atoms with Crippen LogP contribution in [0.5, 0.6) is 0 Å². The maximum absolute atomic E-state index is 12.1. The summed E-state index contributed by atoms with van der Waals surface area (Å²) < 4.78 is 10.3. The van der Waals surface area contributed by atoms with Crippen molar-refractivity contribution < 1.29 is 38.9 Å². The summed E-state index contributed by atoms with van der Waals surface area (Å²) in [4.78, 5) is 15.8. The van der Waals surface area contributed by atoms with Crippen LogP contribution in [0.25, 0.3) is 0 Å². The molecule has 0 saturated carbocycles. The number of esters is 1. The fourth-order valence-electron chi connectivity index (χ4n) is 1.67. The minimum Gasteiger partial charge on any atom is -0.595 e. The number of hydrogen-bond donors (Lipinski definition) is 0. The molecule has 5 nitrogen and oxygen atoms in total. The van der Waals surface area contributed by atoms with E-state index in [2.05, 4.69) is 11.9 Å². The monoisotopic (exact) mass is 497 g/mol. The van der Waals surface area contributed by atoms with E-state index in [0.29, 0.717) is 12.8 Å². The summed E-state index contributed by atoms with van der Waals surface area (Å²) in [5.41, 5.74) is 0.227. The van der Waals surface area contributed by atoms with Gasteiger partial charge >= 0.3 is 5.97 Å². The van der Waals surface area contributed by atoms with Crippen LogP contribution in [-0.4, -0.2) is 23.7 Å². The van der Waals surface area contributed by atoms with Crippen molar-refractivity contribution in [3.63, 3.8) is 0 Å². The molecule has 0 spiro atoms. The molecule has 0 N–H and O–H groups in total. The van der Waals surface area contributed by atoms with Gasteiger partial charge in [-0.05, 0) is 12.0 Å². The third kappa shape index (κ3) is 11.0. The number of benzene rings is 1. The molecule has 131 valence electrons. The molecule has 1 aromatic carbocycles. The molecule has 0 aromatic heterocycles. The molecule has 0 aliphatic heterocycles. The van der Waals surface area contributed by atoms with Gasteiger partial charge in [0.15, 0.2) is 0 Å². The Morgan fingerprint density at radius 1 is 1.29 bits per heavy atom. The second-order valence-corrected chi connectivity index (χ2v) is 5.86. The average molecular weight is 499 g/mol.